The van der Waals surface area contributed by atoms with Crippen LogP contribution in [0.2, 0.25) is 0 Å². The van der Waals surface area contributed by atoms with Crippen LogP contribution in [0.4, 0.5) is 4.39 Å². The molecule has 0 radical (unpaired) electrons. The summed E-state index contributed by atoms with van der Waals surface area (Å²) >= 11 is 0. The van der Waals surface area contributed by atoms with Gasteiger partial charge in [-0.25, -0.2) is 4.39 Å². The maximum Gasteiger partial charge on any atom is 0.123 e. The average molecular weight is 232 g/mol. The first-order chi connectivity index (χ1) is 8.15. The van der Waals surface area contributed by atoms with Gasteiger partial charge >= 0.3 is 0 Å². The standard InChI is InChI=1S/C14H17FN2/c1-11(13-3-5-14(15)6-4-13)16-9-12-7-8-17(2)10-12/h3-8,10-11,16H,9H2,1-2H3/t11-/m1/s1. The Balaban J connectivity index is 1.93. The first-order valence-corrected chi connectivity index (χ1v) is 5.75. The molecule has 0 bridgehead atoms. The van der Waals surface area contributed by atoms with Gasteiger partial charge in [0.2, 0.25) is 0 Å². The van der Waals surface area contributed by atoms with Gasteiger partial charge in [0.1, 0.15) is 5.82 Å². The molecule has 17 heavy (non-hydrogen) atoms. The molecular formula is C14H17FN2. The van der Waals surface area contributed by atoms with Crippen LogP contribution in [0.3, 0.4) is 0 Å². The molecule has 0 aliphatic rings. The summed E-state index contributed by atoms with van der Waals surface area (Å²) in [5, 5.41) is 3.41. The molecule has 0 aliphatic carbocycles. The number of rotatable bonds is 4. The molecule has 0 aliphatic heterocycles. The van der Waals surface area contributed by atoms with E-state index in [1.807, 2.05) is 29.9 Å². The van der Waals surface area contributed by atoms with Gasteiger partial charge < -0.3 is 9.88 Å². The third kappa shape index (κ3) is 3.17. The zero-order chi connectivity index (χ0) is 12.3. The molecule has 1 aromatic heterocycles. The fourth-order valence-electron chi connectivity index (χ4n) is 1.81. The molecule has 2 rings (SSSR count). The number of aromatic nitrogens is 1. The van der Waals surface area contributed by atoms with Crippen LogP contribution < -0.4 is 5.32 Å². The summed E-state index contributed by atoms with van der Waals surface area (Å²) < 4.78 is 14.8. The molecule has 0 unspecified atom stereocenters. The van der Waals surface area contributed by atoms with Gasteiger partial charge in [-0.1, -0.05) is 12.1 Å². The topological polar surface area (TPSA) is 17.0 Å². The molecule has 1 atom stereocenters. The molecule has 3 heteroatoms. The molecule has 2 nitrogen and oxygen atoms in total. The van der Waals surface area contributed by atoms with Crippen LogP contribution in [0.1, 0.15) is 24.1 Å². The molecule has 0 saturated carbocycles. The van der Waals surface area contributed by atoms with Crippen LogP contribution in [0, 0.1) is 5.82 Å². The lowest BCUT2D eigenvalue weighted by atomic mass is 10.1. The highest BCUT2D eigenvalue weighted by Crippen LogP contribution is 2.13. The van der Waals surface area contributed by atoms with Gasteiger partial charge in [-0.05, 0) is 36.2 Å². The highest BCUT2D eigenvalue weighted by molar-refractivity contribution is 5.19. The number of nitrogens with zero attached hydrogens (tertiary/aromatic N) is 1. The van der Waals surface area contributed by atoms with Crippen LogP contribution in [0.15, 0.2) is 42.7 Å². The zero-order valence-corrected chi connectivity index (χ0v) is 10.2. The Morgan fingerprint density at radius 2 is 1.94 bits per heavy atom. The molecule has 1 heterocycles. The zero-order valence-electron chi connectivity index (χ0n) is 10.2. The van der Waals surface area contributed by atoms with E-state index in [0.29, 0.717) is 0 Å². The SMILES string of the molecule is C[C@@H](NCc1ccn(C)c1)c1ccc(F)cc1. The van der Waals surface area contributed by atoms with Crippen molar-refractivity contribution in [3.05, 3.63) is 59.7 Å². The lowest BCUT2D eigenvalue weighted by molar-refractivity contribution is 0.571. The van der Waals surface area contributed by atoms with Crippen molar-refractivity contribution in [3.8, 4) is 0 Å². The molecule has 0 amide bonds. The highest BCUT2D eigenvalue weighted by atomic mass is 19.1. The molecule has 90 valence electrons. The monoisotopic (exact) mass is 232 g/mol. The predicted octanol–water partition coefficient (Wildman–Crippen LogP) is 3.02. The number of hydrogen-bond acceptors (Lipinski definition) is 1. The predicted molar refractivity (Wildman–Crippen MR) is 67.1 cm³/mol. The van der Waals surface area contributed by atoms with E-state index in [1.54, 1.807) is 0 Å². The Labute approximate surface area is 101 Å². The average Bonchev–Trinajstić information content (AvgIpc) is 2.73. The van der Waals surface area contributed by atoms with E-state index in [4.69, 9.17) is 0 Å². The summed E-state index contributed by atoms with van der Waals surface area (Å²) in [6, 6.07) is 8.93. The van der Waals surface area contributed by atoms with Crippen molar-refractivity contribution in [2.75, 3.05) is 0 Å². The fraction of sp³-hybridized carbons (Fsp3) is 0.286. The minimum atomic E-state index is -0.191. The Hall–Kier alpha value is -1.61. The normalized spacial score (nSPS) is 12.6. The second kappa shape index (κ2) is 5.15. The van der Waals surface area contributed by atoms with Crippen molar-refractivity contribution in [1.29, 1.82) is 0 Å². The Kier molecular flexibility index (Phi) is 3.59. The van der Waals surface area contributed by atoms with E-state index in [-0.39, 0.29) is 11.9 Å². The Morgan fingerprint density at radius 1 is 1.24 bits per heavy atom. The van der Waals surface area contributed by atoms with Gasteiger partial charge in [0, 0.05) is 32.0 Å². The quantitative estimate of drug-likeness (QED) is 0.857. The minimum Gasteiger partial charge on any atom is -0.357 e. The van der Waals surface area contributed by atoms with Crippen LogP contribution in [-0.4, -0.2) is 4.57 Å². The van der Waals surface area contributed by atoms with E-state index in [9.17, 15) is 4.39 Å². The van der Waals surface area contributed by atoms with Crippen molar-refractivity contribution >= 4 is 0 Å². The third-order valence-electron chi connectivity index (χ3n) is 2.88. The van der Waals surface area contributed by atoms with Crippen LogP contribution in [0.5, 0.6) is 0 Å². The van der Waals surface area contributed by atoms with E-state index >= 15 is 0 Å². The Morgan fingerprint density at radius 3 is 2.53 bits per heavy atom. The van der Waals surface area contributed by atoms with E-state index in [2.05, 4.69) is 24.5 Å². The molecule has 1 aromatic carbocycles. The van der Waals surface area contributed by atoms with Crippen molar-refractivity contribution in [2.45, 2.75) is 19.5 Å². The molecule has 0 saturated heterocycles. The largest absolute Gasteiger partial charge is 0.357 e. The first-order valence-electron chi connectivity index (χ1n) is 5.75. The number of hydrogen-bond donors (Lipinski definition) is 1. The van der Waals surface area contributed by atoms with E-state index in [0.717, 1.165) is 12.1 Å². The van der Waals surface area contributed by atoms with Gasteiger partial charge in [0.05, 0.1) is 0 Å². The minimum absolute atomic E-state index is 0.191. The van der Waals surface area contributed by atoms with E-state index in [1.165, 1.54) is 17.7 Å². The second-order valence-electron chi connectivity index (χ2n) is 4.34. The molecule has 0 fully saturated rings. The summed E-state index contributed by atoms with van der Waals surface area (Å²) in [5.74, 6) is -0.191. The van der Waals surface area contributed by atoms with Gasteiger partial charge in [0.25, 0.3) is 0 Å². The molecule has 1 N–H and O–H groups in total. The number of halogens is 1. The van der Waals surface area contributed by atoms with Crippen molar-refractivity contribution < 1.29 is 4.39 Å². The van der Waals surface area contributed by atoms with Crippen LogP contribution >= 0.6 is 0 Å². The third-order valence-corrected chi connectivity index (χ3v) is 2.88. The van der Waals surface area contributed by atoms with Crippen molar-refractivity contribution in [2.24, 2.45) is 7.05 Å². The molecule has 0 spiro atoms. The number of aryl methyl sites for hydroxylation is 1. The van der Waals surface area contributed by atoms with Crippen molar-refractivity contribution in [1.82, 2.24) is 9.88 Å². The summed E-state index contributed by atoms with van der Waals surface area (Å²) in [4.78, 5) is 0. The summed E-state index contributed by atoms with van der Waals surface area (Å²) in [6.07, 6.45) is 4.12. The van der Waals surface area contributed by atoms with Crippen molar-refractivity contribution in [3.63, 3.8) is 0 Å². The highest BCUT2D eigenvalue weighted by Gasteiger charge is 2.05. The van der Waals surface area contributed by atoms with Gasteiger partial charge in [-0.2, -0.15) is 0 Å². The fourth-order valence-corrected chi connectivity index (χ4v) is 1.81. The van der Waals surface area contributed by atoms with Gasteiger partial charge in [-0.3, -0.25) is 0 Å². The van der Waals surface area contributed by atoms with Gasteiger partial charge in [0.15, 0.2) is 0 Å². The summed E-state index contributed by atoms with van der Waals surface area (Å²) in [5.41, 5.74) is 2.35. The lowest BCUT2D eigenvalue weighted by Gasteiger charge is -2.13. The summed E-state index contributed by atoms with van der Waals surface area (Å²) in [6.45, 7) is 2.90. The van der Waals surface area contributed by atoms with Crippen LogP contribution in [-0.2, 0) is 13.6 Å². The van der Waals surface area contributed by atoms with Gasteiger partial charge in [-0.15, -0.1) is 0 Å². The lowest BCUT2D eigenvalue weighted by Crippen LogP contribution is -2.17. The second-order valence-corrected chi connectivity index (χ2v) is 4.34. The smallest absolute Gasteiger partial charge is 0.123 e. The summed E-state index contributed by atoms with van der Waals surface area (Å²) in [7, 11) is 2.01. The maximum absolute atomic E-state index is 12.8. The Bertz CT molecular complexity index is 473. The molecular weight excluding hydrogens is 215 g/mol. The molecule has 2 aromatic rings. The first kappa shape index (κ1) is 11.9. The maximum atomic E-state index is 12.8. The van der Waals surface area contributed by atoms with E-state index < -0.39 is 0 Å². The number of nitrogens with one attached hydrogen (secondary N) is 1. The van der Waals surface area contributed by atoms with Crippen LogP contribution in [0.25, 0.3) is 0 Å². The number of benzene rings is 1.